The Balaban J connectivity index is 2.24. The van der Waals surface area contributed by atoms with Crippen LogP contribution in [0.3, 0.4) is 0 Å². The molecule has 1 aliphatic rings. The summed E-state index contributed by atoms with van der Waals surface area (Å²) in [7, 11) is 0. The monoisotopic (exact) mass is 672 g/mol. The summed E-state index contributed by atoms with van der Waals surface area (Å²) in [6.45, 7) is 3.22. The zero-order chi connectivity index (χ0) is 34.5. The lowest BCUT2D eigenvalue weighted by Gasteiger charge is -2.39. The van der Waals surface area contributed by atoms with E-state index in [2.05, 4.69) is 19.1 Å². The number of esters is 2. The Labute approximate surface area is 284 Å². The van der Waals surface area contributed by atoms with Crippen molar-refractivity contribution < 1.29 is 49.0 Å². The van der Waals surface area contributed by atoms with Crippen molar-refractivity contribution in [3.05, 3.63) is 12.2 Å². The number of carbonyl (C=O) groups excluding carboxylic acids is 2. The highest BCUT2D eigenvalue weighted by Crippen LogP contribution is 2.22. The molecule has 0 radical (unpaired) electrons. The molecule has 0 spiro atoms. The van der Waals surface area contributed by atoms with E-state index in [0.717, 1.165) is 32.1 Å². The van der Waals surface area contributed by atoms with Gasteiger partial charge in [-0.3, -0.25) is 9.59 Å². The number of hydrogen-bond donors (Lipinski definition) is 4. The lowest BCUT2D eigenvalue weighted by molar-refractivity contribution is -0.305. The van der Waals surface area contributed by atoms with Gasteiger partial charge in [0.05, 0.1) is 13.2 Å². The number of allylic oxidation sites excluding steroid dienone is 2. The smallest absolute Gasteiger partial charge is 0.306 e. The number of carbonyl (C=O) groups is 2. The third-order valence-corrected chi connectivity index (χ3v) is 8.65. The maximum absolute atomic E-state index is 12.6. The van der Waals surface area contributed by atoms with Gasteiger partial charge in [0.2, 0.25) is 0 Å². The van der Waals surface area contributed by atoms with Gasteiger partial charge < -0.3 is 39.4 Å². The summed E-state index contributed by atoms with van der Waals surface area (Å²) < 4.78 is 21.8. The van der Waals surface area contributed by atoms with E-state index in [4.69, 9.17) is 18.9 Å². The molecule has 0 saturated carbocycles. The molecule has 6 atom stereocenters. The van der Waals surface area contributed by atoms with Crippen LogP contribution in [0.1, 0.15) is 155 Å². The molecule has 10 nitrogen and oxygen atoms in total. The van der Waals surface area contributed by atoms with Crippen molar-refractivity contribution in [2.24, 2.45) is 0 Å². The molecule has 10 heteroatoms. The lowest BCUT2D eigenvalue weighted by Crippen LogP contribution is -2.59. The van der Waals surface area contributed by atoms with Crippen LogP contribution in [0.2, 0.25) is 0 Å². The zero-order valence-corrected chi connectivity index (χ0v) is 29.5. The van der Waals surface area contributed by atoms with Crippen LogP contribution in [0.25, 0.3) is 0 Å². The normalized spacial score (nSPS) is 22.0. The highest BCUT2D eigenvalue weighted by Gasteiger charge is 2.44. The van der Waals surface area contributed by atoms with Gasteiger partial charge in [-0.15, -0.1) is 0 Å². The van der Waals surface area contributed by atoms with Crippen LogP contribution in [0.5, 0.6) is 0 Å². The van der Waals surface area contributed by atoms with Crippen LogP contribution in [-0.4, -0.2) is 89.0 Å². The summed E-state index contributed by atoms with van der Waals surface area (Å²) in [6, 6.07) is 0. The average Bonchev–Trinajstić information content (AvgIpc) is 3.06. The van der Waals surface area contributed by atoms with E-state index in [1.54, 1.807) is 0 Å². The molecule has 1 fully saturated rings. The maximum atomic E-state index is 12.6. The van der Waals surface area contributed by atoms with Gasteiger partial charge in [-0.05, 0) is 38.5 Å². The fraction of sp³-hybridized carbons (Fsp3) is 0.892. The standard InChI is InChI=1S/C37H68O10/c1-3-5-7-8-9-10-11-12-13-14-15-16-17-18-19-20-21-22-24-26-33(40)46-30(28-44-32(39)25-23-6-4-2)29-45-37-36(43)35(42)34(41)31(27-38)47-37/h12-13,30-31,34-38,41-43H,3-11,14-29H2,1-2H3/b13-12-. The van der Waals surface area contributed by atoms with E-state index in [1.807, 2.05) is 6.92 Å². The minimum atomic E-state index is -1.59. The number of hydrogen-bond acceptors (Lipinski definition) is 10. The summed E-state index contributed by atoms with van der Waals surface area (Å²) in [4.78, 5) is 24.7. The van der Waals surface area contributed by atoms with Crippen molar-refractivity contribution in [3.63, 3.8) is 0 Å². The van der Waals surface area contributed by atoms with Gasteiger partial charge in [-0.2, -0.15) is 0 Å². The van der Waals surface area contributed by atoms with Gasteiger partial charge in [0.15, 0.2) is 12.4 Å². The first-order valence-electron chi connectivity index (χ1n) is 18.8. The first kappa shape index (κ1) is 43.5. The van der Waals surface area contributed by atoms with Crippen LogP contribution < -0.4 is 0 Å². The molecule has 0 aliphatic carbocycles. The Morgan fingerprint density at radius 1 is 0.638 bits per heavy atom. The van der Waals surface area contributed by atoms with E-state index in [0.29, 0.717) is 12.8 Å². The molecule has 1 rings (SSSR count). The summed E-state index contributed by atoms with van der Waals surface area (Å²) >= 11 is 0. The lowest BCUT2D eigenvalue weighted by atomic mass is 9.99. The molecule has 0 aromatic rings. The summed E-state index contributed by atoms with van der Waals surface area (Å²) in [5.74, 6) is -0.835. The minimum absolute atomic E-state index is 0.219. The van der Waals surface area contributed by atoms with E-state index in [9.17, 15) is 30.0 Å². The molecule has 0 aromatic carbocycles. The fourth-order valence-corrected chi connectivity index (χ4v) is 5.59. The van der Waals surface area contributed by atoms with Gasteiger partial charge >= 0.3 is 11.9 Å². The first-order chi connectivity index (χ1) is 22.8. The fourth-order valence-electron chi connectivity index (χ4n) is 5.59. The molecule has 47 heavy (non-hydrogen) atoms. The Bertz CT molecular complexity index is 789. The molecular weight excluding hydrogens is 604 g/mol. The molecule has 1 heterocycles. The zero-order valence-electron chi connectivity index (χ0n) is 29.5. The van der Waals surface area contributed by atoms with E-state index in [-0.39, 0.29) is 26.1 Å². The summed E-state index contributed by atoms with van der Waals surface area (Å²) in [6.07, 6.45) is 20.3. The third-order valence-electron chi connectivity index (χ3n) is 8.65. The van der Waals surface area contributed by atoms with Crippen LogP contribution in [-0.2, 0) is 28.5 Å². The van der Waals surface area contributed by atoms with Crippen molar-refractivity contribution >= 4 is 11.9 Å². The Morgan fingerprint density at radius 2 is 1.13 bits per heavy atom. The maximum Gasteiger partial charge on any atom is 0.306 e. The summed E-state index contributed by atoms with van der Waals surface area (Å²) in [5, 5.41) is 39.6. The molecule has 0 amide bonds. The highest BCUT2D eigenvalue weighted by atomic mass is 16.7. The highest BCUT2D eigenvalue weighted by molar-refractivity contribution is 5.70. The predicted molar refractivity (Wildman–Crippen MR) is 183 cm³/mol. The molecule has 6 unspecified atom stereocenters. The largest absolute Gasteiger partial charge is 0.462 e. The van der Waals surface area contributed by atoms with E-state index < -0.39 is 55.4 Å². The second-order valence-electron chi connectivity index (χ2n) is 13.0. The molecule has 0 bridgehead atoms. The van der Waals surface area contributed by atoms with Gasteiger partial charge in [0.1, 0.15) is 31.0 Å². The molecule has 4 N–H and O–H groups in total. The average molecular weight is 673 g/mol. The molecule has 1 saturated heterocycles. The van der Waals surface area contributed by atoms with Crippen LogP contribution in [0, 0.1) is 0 Å². The summed E-state index contributed by atoms with van der Waals surface area (Å²) in [5.41, 5.74) is 0. The third kappa shape index (κ3) is 21.9. The van der Waals surface area contributed by atoms with Crippen molar-refractivity contribution in [2.45, 2.75) is 192 Å². The Hall–Kier alpha value is -1.56. The van der Waals surface area contributed by atoms with E-state index >= 15 is 0 Å². The number of aliphatic hydroxyl groups is 4. The second kappa shape index (κ2) is 29.4. The minimum Gasteiger partial charge on any atom is -0.462 e. The SMILES string of the molecule is CCCCCCCC/C=C\CCCCCCCCCCCC(=O)OC(COC(=O)CCCCC)COC1OC(CO)C(O)C(O)C1O. The number of rotatable bonds is 30. The Kier molecular flexibility index (Phi) is 27.2. The van der Waals surface area contributed by atoms with Crippen molar-refractivity contribution in [1.82, 2.24) is 0 Å². The first-order valence-corrected chi connectivity index (χ1v) is 18.8. The molecule has 1 aliphatic heterocycles. The van der Waals surface area contributed by atoms with Gasteiger partial charge in [-0.25, -0.2) is 0 Å². The van der Waals surface area contributed by atoms with Crippen LogP contribution in [0.4, 0.5) is 0 Å². The van der Waals surface area contributed by atoms with E-state index in [1.165, 1.54) is 83.5 Å². The second-order valence-corrected chi connectivity index (χ2v) is 13.0. The van der Waals surface area contributed by atoms with Crippen molar-refractivity contribution in [3.8, 4) is 0 Å². The van der Waals surface area contributed by atoms with Gasteiger partial charge in [0, 0.05) is 12.8 Å². The van der Waals surface area contributed by atoms with Gasteiger partial charge in [0.25, 0.3) is 0 Å². The molecular formula is C37H68O10. The number of aliphatic hydroxyl groups excluding tert-OH is 4. The number of unbranched alkanes of at least 4 members (excludes halogenated alkanes) is 17. The van der Waals surface area contributed by atoms with Crippen LogP contribution >= 0.6 is 0 Å². The quantitative estimate of drug-likeness (QED) is 0.0381. The van der Waals surface area contributed by atoms with Crippen LogP contribution in [0.15, 0.2) is 12.2 Å². The Morgan fingerprint density at radius 3 is 1.70 bits per heavy atom. The van der Waals surface area contributed by atoms with Crippen molar-refractivity contribution in [1.29, 1.82) is 0 Å². The molecule has 276 valence electrons. The van der Waals surface area contributed by atoms with Crippen molar-refractivity contribution in [2.75, 3.05) is 19.8 Å². The van der Waals surface area contributed by atoms with Gasteiger partial charge in [-0.1, -0.05) is 116 Å². The predicted octanol–water partition coefficient (Wildman–Crippen LogP) is 6.44. The topological polar surface area (TPSA) is 152 Å². The molecule has 0 aromatic heterocycles. The number of ether oxygens (including phenoxy) is 4.